The molecule has 1 atom stereocenters. The van der Waals surface area contributed by atoms with Crippen LogP contribution in [0.1, 0.15) is 33.7 Å². The Morgan fingerprint density at radius 1 is 0.351 bits per heavy atom. The highest BCUT2D eigenvalue weighted by atomic mass is 15.0. The second-order valence-corrected chi connectivity index (χ2v) is 15.5. The summed E-state index contributed by atoms with van der Waals surface area (Å²) in [5, 5.41) is 2.59. The van der Waals surface area contributed by atoms with Crippen molar-refractivity contribution in [1.82, 2.24) is 4.57 Å². The van der Waals surface area contributed by atoms with E-state index in [4.69, 9.17) is 0 Å². The largest absolute Gasteiger partial charge is 0.309 e. The lowest BCUT2D eigenvalue weighted by Crippen LogP contribution is -2.03. The molecule has 0 bridgehead atoms. The second-order valence-electron chi connectivity index (χ2n) is 15.5. The second kappa shape index (κ2) is 12.7. The van der Waals surface area contributed by atoms with Crippen molar-refractivity contribution in [2.75, 3.05) is 0 Å². The zero-order valence-electron chi connectivity index (χ0n) is 31.4. The molecule has 9 aromatic carbocycles. The van der Waals surface area contributed by atoms with Crippen LogP contribution < -0.4 is 0 Å². The predicted octanol–water partition coefficient (Wildman–Crippen LogP) is 14.5. The van der Waals surface area contributed by atoms with Crippen LogP contribution in [0.2, 0.25) is 0 Å². The Kier molecular flexibility index (Phi) is 7.12. The fourth-order valence-corrected chi connectivity index (χ4v) is 10.1. The van der Waals surface area contributed by atoms with E-state index in [1.165, 1.54) is 111 Å². The Hall–Kier alpha value is -7.22. The third kappa shape index (κ3) is 4.89. The van der Waals surface area contributed by atoms with Crippen LogP contribution in [0.3, 0.4) is 0 Å². The molecule has 0 spiro atoms. The third-order valence-corrected chi connectivity index (χ3v) is 12.6. The highest BCUT2D eigenvalue weighted by molar-refractivity contribution is 6.15. The summed E-state index contributed by atoms with van der Waals surface area (Å²) in [6.45, 7) is 0. The van der Waals surface area contributed by atoms with Crippen LogP contribution in [0.25, 0.3) is 83.1 Å². The first-order chi connectivity index (χ1) is 28.3. The molecule has 0 saturated carbocycles. The van der Waals surface area contributed by atoms with Gasteiger partial charge in [0.05, 0.1) is 11.0 Å². The standard InChI is InChI=1S/C56H37N/c1-3-14-36(15-4-1)37-28-30-38(31-29-37)39-16-11-17-40(34-39)42-23-12-24-43-44-25-13-26-48(52(44)35-51(42)43)54-46-21-7-8-22-47(46)55-50(54)33-32-49-45-20-9-10-27-53(45)57(56(49)55)41-18-5-2-6-19-41/h1-34,54H,35H2. The number of rotatable bonds is 5. The SMILES string of the molecule is c1ccc(-c2ccc(-c3cccc(-c4cccc5c4Cc4c-5cccc4C4c5ccccc5-c5c4ccc4c6ccccc6n(-c6ccccc6)c54)c3)cc2)cc1. The summed E-state index contributed by atoms with van der Waals surface area (Å²) >= 11 is 0. The summed E-state index contributed by atoms with van der Waals surface area (Å²) in [4.78, 5) is 0. The molecule has 266 valence electrons. The fraction of sp³-hybridized carbons (Fsp3) is 0.0357. The van der Waals surface area contributed by atoms with Crippen molar-refractivity contribution in [1.29, 1.82) is 0 Å². The number of fused-ring (bicyclic) bond motifs is 10. The summed E-state index contributed by atoms with van der Waals surface area (Å²) < 4.78 is 2.49. The van der Waals surface area contributed by atoms with Crippen molar-refractivity contribution in [3.8, 4) is 61.3 Å². The quantitative estimate of drug-likeness (QED) is 0.167. The molecule has 0 N–H and O–H groups in total. The van der Waals surface area contributed by atoms with Crippen molar-refractivity contribution >= 4 is 21.8 Å². The van der Waals surface area contributed by atoms with Gasteiger partial charge in [-0.1, -0.05) is 182 Å². The van der Waals surface area contributed by atoms with Gasteiger partial charge in [0.2, 0.25) is 0 Å². The lowest BCUT2D eigenvalue weighted by Gasteiger charge is -2.19. The number of para-hydroxylation sites is 2. The number of hydrogen-bond donors (Lipinski definition) is 0. The molecule has 0 saturated heterocycles. The minimum atomic E-state index is 0.137. The third-order valence-electron chi connectivity index (χ3n) is 12.6. The Balaban J connectivity index is 0.979. The normalized spacial score (nSPS) is 13.7. The van der Waals surface area contributed by atoms with E-state index in [1.807, 2.05) is 0 Å². The maximum atomic E-state index is 2.49. The van der Waals surface area contributed by atoms with E-state index < -0.39 is 0 Å². The molecule has 1 nitrogen and oxygen atoms in total. The molecule has 0 fully saturated rings. The van der Waals surface area contributed by atoms with Crippen LogP contribution in [-0.4, -0.2) is 4.57 Å². The topological polar surface area (TPSA) is 4.93 Å². The van der Waals surface area contributed by atoms with E-state index in [2.05, 4.69) is 211 Å². The Morgan fingerprint density at radius 2 is 0.930 bits per heavy atom. The highest BCUT2D eigenvalue weighted by Gasteiger charge is 2.36. The van der Waals surface area contributed by atoms with Gasteiger partial charge in [-0.15, -0.1) is 0 Å². The summed E-state index contributed by atoms with van der Waals surface area (Å²) in [6.07, 6.45) is 0.910. The van der Waals surface area contributed by atoms with E-state index in [1.54, 1.807) is 0 Å². The molecule has 2 aliphatic carbocycles. The van der Waals surface area contributed by atoms with Crippen LogP contribution in [0.5, 0.6) is 0 Å². The average Bonchev–Trinajstić information content (AvgIpc) is 3.95. The van der Waals surface area contributed by atoms with Gasteiger partial charge in [-0.3, -0.25) is 0 Å². The average molecular weight is 724 g/mol. The van der Waals surface area contributed by atoms with Crippen LogP contribution in [0.4, 0.5) is 0 Å². The number of benzene rings is 9. The summed E-state index contributed by atoms with van der Waals surface area (Å²) in [7, 11) is 0. The van der Waals surface area contributed by atoms with E-state index in [0.717, 1.165) is 6.42 Å². The maximum absolute atomic E-state index is 2.49. The zero-order valence-corrected chi connectivity index (χ0v) is 31.4. The van der Waals surface area contributed by atoms with Gasteiger partial charge < -0.3 is 4.57 Å². The molecule has 1 heteroatoms. The Morgan fingerprint density at radius 3 is 1.77 bits per heavy atom. The van der Waals surface area contributed by atoms with E-state index in [-0.39, 0.29) is 5.92 Å². The lowest BCUT2D eigenvalue weighted by atomic mass is 9.84. The van der Waals surface area contributed by atoms with Gasteiger partial charge in [-0.2, -0.15) is 0 Å². The van der Waals surface area contributed by atoms with Crippen molar-refractivity contribution < 1.29 is 0 Å². The van der Waals surface area contributed by atoms with E-state index in [0.29, 0.717) is 0 Å². The fourth-order valence-electron chi connectivity index (χ4n) is 10.1. The Bertz CT molecular complexity index is 3190. The predicted molar refractivity (Wildman–Crippen MR) is 238 cm³/mol. The van der Waals surface area contributed by atoms with Crippen LogP contribution in [0, 0.1) is 0 Å². The summed E-state index contributed by atoms with van der Waals surface area (Å²) in [5.74, 6) is 0.137. The van der Waals surface area contributed by atoms with Gasteiger partial charge in [-0.25, -0.2) is 0 Å². The van der Waals surface area contributed by atoms with Crippen molar-refractivity contribution in [3.05, 3.63) is 234 Å². The van der Waals surface area contributed by atoms with E-state index in [9.17, 15) is 0 Å². The van der Waals surface area contributed by atoms with Crippen LogP contribution >= 0.6 is 0 Å². The molecule has 12 rings (SSSR count). The first-order valence-electron chi connectivity index (χ1n) is 20.0. The lowest BCUT2D eigenvalue weighted by molar-refractivity contribution is 0.987. The van der Waals surface area contributed by atoms with Gasteiger partial charge in [0.1, 0.15) is 0 Å². The van der Waals surface area contributed by atoms with Crippen LogP contribution in [0.15, 0.2) is 206 Å². The minimum Gasteiger partial charge on any atom is -0.309 e. The first kappa shape index (κ1) is 32.1. The maximum Gasteiger partial charge on any atom is 0.0622 e. The molecular formula is C56H37N. The number of nitrogens with zero attached hydrogens (tertiary/aromatic N) is 1. The molecule has 57 heavy (non-hydrogen) atoms. The molecule has 0 radical (unpaired) electrons. The van der Waals surface area contributed by atoms with E-state index >= 15 is 0 Å². The summed E-state index contributed by atoms with van der Waals surface area (Å²) in [6, 6.07) is 76.3. The molecule has 0 amide bonds. The van der Waals surface area contributed by atoms with Gasteiger partial charge in [0.25, 0.3) is 0 Å². The molecular weight excluding hydrogens is 687 g/mol. The first-order valence-corrected chi connectivity index (χ1v) is 20.0. The van der Waals surface area contributed by atoms with Crippen molar-refractivity contribution in [2.45, 2.75) is 12.3 Å². The molecule has 1 unspecified atom stereocenters. The molecule has 1 heterocycles. The van der Waals surface area contributed by atoms with Crippen molar-refractivity contribution in [2.24, 2.45) is 0 Å². The molecule has 2 aliphatic rings. The zero-order chi connectivity index (χ0) is 37.5. The summed E-state index contributed by atoms with van der Waals surface area (Å²) in [5.41, 5.74) is 23.7. The number of hydrogen-bond acceptors (Lipinski definition) is 0. The molecule has 10 aromatic rings. The van der Waals surface area contributed by atoms with Gasteiger partial charge in [0.15, 0.2) is 0 Å². The molecule has 1 aromatic heterocycles. The van der Waals surface area contributed by atoms with Crippen molar-refractivity contribution in [3.63, 3.8) is 0 Å². The number of aromatic nitrogens is 1. The minimum absolute atomic E-state index is 0.137. The van der Waals surface area contributed by atoms with Gasteiger partial charge >= 0.3 is 0 Å². The van der Waals surface area contributed by atoms with Gasteiger partial charge in [-0.05, 0) is 109 Å². The highest BCUT2D eigenvalue weighted by Crippen LogP contribution is 2.55. The van der Waals surface area contributed by atoms with Gasteiger partial charge in [0, 0.05) is 27.9 Å². The monoisotopic (exact) mass is 723 g/mol. The molecule has 0 aliphatic heterocycles. The Labute approximate surface area is 332 Å². The van der Waals surface area contributed by atoms with Crippen LogP contribution in [-0.2, 0) is 6.42 Å². The smallest absolute Gasteiger partial charge is 0.0622 e.